The molecular weight excluding hydrogens is 534 g/mol. The average Bonchev–Trinajstić information content (AvgIpc) is 2.85. The highest BCUT2D eigenvalue weighted by atomic mass is 35.5. The molecule has 0 aromatic heterocycles. The maximum absolute atomic E-state index is 14.0. The fraction of sp³-hybridized carbons (Fsp3) is 0.500. The summed E-state index contributed by atoms with van der Waals surface area (Å²) >= 11 is 10.8. The van der Waals surface area contributed by atoms with Crippen LogP contribution >= 0.6 is 24.2 Å². The highest BCUT2D eigenvalue weighted by Crippen LogP contribution is 2.30. The standard InChI is InChI=1S/C30H42ClN3O4S/c1-7-8-9-10-17-34(28(36)24(19-39)32-29(37)38-30(4,5)6)26(22-15-11-13-20(2)18-22)27(35)33-25-21(3)14-12-16-23(25)31/h11-16,18,24,26,39H,7-10,17,19H2,1-6H3,(H,32,37)(H,33,35). The molecule has 0 fully saturated rings. The Hall–Kier alpha value is -2.71. The summed E-state index contributed by atoms with van der Waals surface area (Å²) in [7, 11) is 0. The average molecular weight is 576 g/mol. The molecule has 2 atom stereocenters. The van der Waals surface area contributed by atoms with E-state index in [0.29, 0.717) is 29.2 Å². The molecule has 2 aromatic rings. The van der Waals surface area contributed by atoms with E-state index in [1.165, 1.54) is 0 Å². The second kappa shape index (κ2) is 15.2. The number of para-hydroxylation sites is 1. The minimum atomic E-state index is -0.989. The van der Waals surface area contributed by atoms with Crippen molar-refractivity contribution in [3.05, 3.63) is 64.2 Å². The molecule has 0 aliphatic rings. The van der Waals surface area contributed by atoms with E-state index < -0.39 is 35.6 Å². The second-order valence-corrected chi connectivity index (χ2v) is 11.5. The zero-order valence-corrected chi connectivity index (χ0v) is 25.5. The van der Waals surface area contributed by atoms with Crippen LogP contribution in [-0.2, 0) is 14.3 Å². The number of rotatable bonds is 12. The van der Waals surface area contributed by atoms with E-state index in [2.05, 4.69) is 30.2 Å². The number of unbranched alkanes of at least 4 members (excludes halogenated alkanes) is 3. The number of thiol groups is 1. The van der Waals surface area contributed by atoms with Gasteiger partial charge in [0.25, 0.3) is 5.91 Å². The third-order valence-corrected chi connectivity index (χ3v) is 6.78. The quantitative estimate of drug-likeness (QED) is 0.190. The highest BCUT2D eigenvalue weighted by molar-refractivity contribution is 7.80. The Kier molecular flexibility index (Phi) is 12.6. The third-order valence-electron chi connectivity index (χ3n) is 6.10. The first kappa shape index (κ1) is 32.5. The van der Waals surface area contributed by atoms with Crippen molar-refractivity contribution in [3.8, 4) is 0 Å². The summed E-state index contributed by atoms with van der Waals surface area (Å²) in [4.78, 5) is 42.1. The molecule has 0 saturated heterocycles. The third kappa shape index (κ3) is 10.1. The first-order chi connectivity index (χ1) is 18.4. The molecule has 3 amide bonds. The molecule has 2 aromatic carbocycles. The fourth-order valence-corrected chi connectivity index (χ4v) is 4.72. The van der Waals surface area contributed by atoms with Crippen molar-refractivity contribution in [3.63, 3.8) is 0 Å². The van der Waals surface area contributed by atoms with E-state index >= 15 is 0 Å². The first-order valence-electron chi connectivity index (χ1n) is 13.4. The number of anilines is 1. The van der Waals surface area contributed by atoms with E-state index in [1.807, 2.05) is 50.2 Å². The molecular formula is C30H42ClN3O4S. The van der Waals surface area contributed by atoms with Gasteiger partial charge in [-0.05, 0) is 58.2 Å². The van der Waals surface area contributed by atoms with Crippen molar-refractivity contribution in [2.75, 3.05) is 17.6 Å². The number of aryl methyl sites for hydroxylation is 2. The number of nitrogens with zero attached hydrogens (tertiary/aromatic N) is 1. The summed E-state index contributed by atoms with van der Waals surface area (Å²) in [5.41, 5.74) is 2.19. The van der Waals surface area contributed by atoms with Crippen LogP contribution in [0, 0.1) is 13.8 Å². The molecule has 0 aliphatic carbocycles. The van der Waals surface area contributed by atoms with Gasteiger partial charge in [-0.1, -0.05) is 79.7 Å². The lowest BCUT2D eigenvalue weighted by Gasteiger charge is -2.34. The number of alkyl carbamates (subject to hydrolysis) is 1. The van der Waals surface area contributed by atoms with Gasteiger partial charge in [-0.25, -0.2) is 4.79 Å². The van der Waals surface area contributed by atoms with Crippen LogP contribution in [0.3, 0.4) is 0 Å². The van der Waals surface area contributed by atoms with Gasteiger partial charge in [-0.15, -0.1) is 0 Å². The van der Waals surface area contributed by atoms with Crippen LogP contribution in [0.4, 0.5) is 10.5 Å². The van der Waals surface area contributed by atoms with E-state index in [9.17, 15) is 14.4 Å². The van der Waals surface area contributed by atoms with Gasteiger partial charge in [-0.2, -0.15) is 12.6 Å². The zero-order chi connectivity index (χ0) is 29.2. The zero-order valence-electron chi connectivity index (χ0n) is 23.8. The number of halogens is 1. The number of ether oxygens (including phenoxy) is 1. The predicted molar refractivity (Wildman–Crippen MR) is 162 cm³/mol. The smallest absolute Gasteiger partial charge is 0.408 e. The van der Waals surface area contributed by atoms with Crippen molar-refractivity contribution >= 4 is 47.8 Å². The molecule has 0 radical (unpaired) electrons. The fourth-order valence-electron chi connectivity index (χ4n) is 4.21. The number of nitrogens with one attached hydrogen (secondary N) is 2. The van der Waals surface area contributed by atoms with E-state index in [-0.39, 0.29) is 5.75 Å². The Labute approximate surface area is 243 Å². The number of amides is 3. The Morgan fingerprint density at radius 3 is 2.33 bits per heavy atom. The lowest BCUT2D eigenvalue weighted by atomic mass is 10.00. The summed E-state index contributed by atoms with van der Waals surface area (Å²) in [5.74, 6) is -0.768. The van der Waals surface area contributed by atoms with Crippen molar-refractivity contribution < 1.29 is 19.1 Å². The molecule has 2 N–H and O–H groups in total. The van der Waals surface area contributed by atoms with Crippen molar-refractivity contribution in [2.45, 2.75) is 84.9 Å². The van der Waals surface area contributed by atoms with Gasteiger partial charge in [-0.3, -0.25) is 9.59 Å². The minimum Gasteiger partial charge on any atom is -0.444 e. The van der Waals surface area contributed by atoms with E-state index in [0.717, 1.165) is 30.4 Å². The topological polar surface area (TPSA) is 87.7 Å². The molecule has 0 spiro atoms. The van der Waals surface area contributed by atoms with Gasteiger partial charge in [0.1, 0.15) is 17.7 Å². The summed E-state index contributed by atoms with van der Waals surface area (Å²) < 4.78 is 5.38. The first-order valence-corrected chi connectivity index (χ1v) is 14.4. The van der Waals surface area contributed by atoms with Crippen molar-refractivity contribution in [1.29, 1.82) is 0 Å². The molecule has 0 saturated carbocycles. The Morgan fingerprint density at radius 1 is 1.05 bits per heavy atom. The minimum absolute atomic E-state index is 0.0370. The largest absolute Gasteiger partial charge is 0.444 e. The highest BCUT2D eigenvalue weighted by Gasteiger charge is 2.36. The number of carbonyl (C=O) groups is 3. The molecule has 9 heteroatoms. The number of benzene rings is 2. The van der Waals surface area contributed by atoms with Gasteiger partial charge in [0.2, 0.25) is 5.91 Å². The van der Waals surface area contributed by atoms with Crippen LogP contribution < -0.4 is 10.6 Å². The molecule has 2 unspecified atom stereocenters. The molecule has 0 aliphatic heterocycles. The Morgan fingerprint density at radius 2 is 1.74 bits per heavy atom. The summed E-state index contributed by atoms with van der Waals surface area (Å²) in [6.07, 6.45) is 2.92. The number of hydrogen-bond donors (Lipinski definition) is 3. The molecule has 39 heavy (non-hydrogen) atoms. The van der Waals surface area contributed by atoms with Gasteiger partial charge in [0.15, 0.2) is 0 Å². The normalized spacial score (nSPS) is 12.8. The van der Waals surface area contributed by atoms with Gasteiger partial charge < -0.3 is 20.3 Å². The van der Waals surface area contributed by atoms with E-state index in [4.69, 9.17) is 16.3 Å². The van der Waals surface area contributed by atoms with Crippen LogP contribution in [0.1, 0.15) is 76.1 Å². The van der Waals surface area contributed by atoms with Crippen molar-refractivity contribution in [2.24, 2.45) is 0 Å². The number of carbonyl (C=O) groups excluding carboxylic acids is 3. The Balaban J connectivity index is 2.52. The Bertz CT molecular complexity index is 1120. The van der Waals surface area contributed by atoms with E-state index in [1.54, 1.807) is 31.7 Å². The summed E-state index contributed by atoms with van der Waals surface area (Å²) in [6.45, 7) is 11.5. The predicted octanol–water partition coefficient (Wildman–Crippen LogP) is 6.87. The lowest BCUT2D eigenvalue weighted by Crippen LogP contribution is -2.53. The molecule has 0 bridgehead atoms. The van der Waals surface area contributed by atoms with Crippen LogP contribution in [0.15, 0.2) is 42.5 Å². The van der Waals surface area contributed by atoms with Crippen LogP contribution in [0.2, 0.25) is 5.02 Å². The van der Waals surface area contributed by atoms with Gasteiger partial charge in [0, 0.05) is 12.3 Å². The molecule has 214 valence electrons. The maximum atomic E-state index is 14.0. The number of hydrogen-bond acceptors (Lipinski definition) is 5. The molecule has 2 rings (SSSR count). The molecule has 0 heterocycles. The summed E-state index contributed by atoms with van der Waals surface area (Å²) in [5, 5.41) is 6.02. The van der Waals surface area contributed by atoms with Gasteiger partial charge in [0.05, 0.1) is 10.7 Å². The molecule has 7 nitrogen and oxygen atoms in total. The second-order valence-electron chi connectivity index (χ2n) is 10.7. The van der Waals surface area contributed by atoms with Crippen LogP contribution in [-0.4, -0.2) is 46.7 Å². The SMILES string of the molecule is CCCCCCN(C(=O)C(CS)NC(=O)OC(C)(C)C)C(C(=O)Nc1c(C)cccc1Cl)c1cccc(C)c1. The van der Waals surface area contributed by atoms with Gasteiger partial charge >= 0.3 is 6.09 Å². The maximum Gasteiger partial charge on any atom is 0.408 e. The monoisotopic (exact) mass is 575 g/mol. The summed E-state index contributed by atoms with van der Waals surface area (Å²) in [6, 6.07) is 11.0. The van der Waals surface area contributed by atoms with Crippen LogP contribution in [0.25, 0.3) is 0 Å². The lowest BCUT2D eigenvalue weighted by molar-refractivity contribution is -0.140. The van der Waals surface area contributed by atoms with Crippen LogP contribution in [0.5, 0.6) is 0 Å². The van der Waals surface area contributed by atoms with Crippen molar-refractivity contribution in [1.82, 2.24) is 10.2 Å².